The normalized spacial score (nSPS) is 13.4. The Morgan fingerprint density at radius 1 is 1.24 bits per heavy atom. The summed E-state index contributed by atoms with van der Waals surface area (Å²) in [6.07, 6.45) is -4.06. The SMILES string of the molecule is CNC(Cc1ccc(Br)s1)c1cc(C(F)(F)F)ccc1F. The smallest absolute Gasteiger partial charge is 0.313 e. The van der Waals surface area contributed by atoms with E-state index in [1.54, 1.807) is 7.05 Å². The van der Waals surface area contributed by atoms with Gasteiger partial charge in [0.25, 0.3) is 0 Å². The molecule has 1 N–H and O–H groups in total. The summed E-state index contributed by atoms with van der Waals surface area (Å²) in [5.41, 5.74) is -0.816. The van der Waals surface area contributed by atoms with Crippen LogP contribution in [-0.4, -0.2) is 7.05 Å². The van der Waals surface area contributed by atoms with Gasteiger partial charge < -0.3 is 5.32 Å². The van der Waals surface area contributed by atoms with Crippen LogP contribution in [-0.2, 0) is 12.6 Å². The molecule has 0 bridgehead atoms. The molecule has 1 heterocycles. The summed E-state index contributed by atoms with van der Waals surface area (Å²) >= 11 is 4.80. The van der Waals surface area contributed by atoms with E-state index < -0.39 is 23.6 Å². The zero-order valence-electron chi connectivity index (χ0n) is 11.0. The average molecular weight is 382 g/mol. The Morgan fingerprint density at radius 2 is 1.95 bits per heavy atom. The van der Waals surface area contributed by atoms with Gasteiger partial charge in [-0.2, -0.15) is 13.2 Å². The monoisotopic (exact) mass is 381 g/mol. The number of nitrogens with one attached hydrogen (secondary N) is 1. The summed E-state index contributed by atoms with van der Waals surface area (Å²) in [5, 5.41) is 2.88. The lowest BCUT2D eigenvalue weighted by molar-refractivity contribution is -0.137. The second-order valence-corrected chi connectivity index (χ2v) is 7.03. The molecule has 2 aromatic rings. The van der Waals surface area contributed by atoms with E-state index in [0.29, 0.717) is 6.42 Å². The van der Waals surface area contributed by atoms with Crippen molar-refractivity contribution in [2.45, 2.75) is 18.6 Å². The van der Waals surface area contributed by atoms with Crippen LogP contribution in [0.5, 0.6) is 0 Å². The van der Waals surface area contributed by atoms with E-state index in [1.165, 1.54) is 11.3 Å². The first-order chi connectivity index (χ1) is 9.81. The van der Waals surface area contributed by atoms with Crippen LogP contribution in [0.15, 0.2) is 34.1 Å². The van der Waals surface area contributed by atoms with Crippen molar-refractivity contribution in [2.24, 2.45) is 0 Å². The van der Waals surface area contributed by atoms with E-state index in [4.69, 9.17) is 0 Å². The van der Waals surface area contributed by atoms with E-state index >= 15 is 0 Å². The van der Waals surface area contributed by atoms with Crippen LogP contribution in [0.2, 0.25) is 0 Å². The highest BCUT2D eigenvalue weighted by atomic mass is 79.9. The zero-order valence-corrected chi connectivity index (χ0v) is 13.4. The predicted molar refractivity (Wildman–Crippen MR) is 78.9 cm³/mol. The summed E-state index contributed by atoms with van der Waals surface area (Å²) in [7, 11) is 1.60. The number of benzene rings is 1. The van der Waals surface area contributed by atoms with Crippen molar-refractivity contribution < 1.29 is 17.6 Å². The van der Waals surface area contributed by atoms with Gasteiger partial charge in [0.1, 0.15) is 5.82 Å². The van der Waals surface area contributed by atoms with Gasteiger partial charge in [-0.25, -0.2) is 4.39 Å². The Balaban J connectivity index is 2.33. The summed E-state index contributed by atoms with van der Waals surface area (Å²) < 4.78 is 53.1. The van der Waals surface area contributed by atoms with Gasteiger partial charge in [-0.05, 0) is 53.3 Å². The van der Waals surface area contributed by atoms with Crippen LogP contribution in [0, 0.1) is 5.82 Å². The number of thiophene rings is 1. The number of hydrogen-bond acceptors (Lipinski definition) is 2. The Morgan fingerprint density at radius 3 is 2.48 bits per heavy atom. The first-order valence-corrected chi connectivity index (χ1v) is 7.70. The summed E-state index contributed by atoms with van der Waals surface area (Å²) in [6.45, 7) is 0. The van der Waals surface area contributed by atoms with Crippen LogP contribution in [0.4, 0.5) is 17.6 Å². The molecule has 7 heteroatoms. The Kier molecular flexibility index (Phi) is 5.06. The molecular formula is C14H12BrF4NS. The minimum Gasteiger partial charge on any atom is -0.313 e. The molecule has 114 valence electrons. The highest BCUT2D eigenvalue weighted by molar-refractivity contribution is 9.11. The predicted octanol–water partition coefficient (Wildman–Crippen LogP) is 5.17. The van der Waals surface area contributed by atoms with Crippen molar-refractivity contribution in [3.8, 4) is 0 Å². The third kappa shape index (κ3) is 4.05. The van der Waals surface area contributed by atoms with Crippen molar-refractivity contribution in [3.63, 3.8) is 0 Å². The molecule has 0 saturated carbocycles. The van der Waals surface area contributed by atoms with Crippen LogP contribution >= 0.6 is 27.3 Å². The lowest BCUT2D eigenvalue weighted by Crippen LogP contribution is -2.20. The molecule has 0 spiro atoms. The van der Waals surface area contributed by atoms with Crippen LogP contribution in [0.1, 0.15) is 22.0 Å². The maximum Gasteiger partial charge on any atom is 0.416 e. The van der Waals surface area contributed by atoms with Crippen molar-refractivity contribution in [3.05, 3.63) is 55.9 Å². The lowest BCUT2D eigenvalue weighted by Gasteiger charge is -2.18. The van der Waals surface area contributed by atoms with Gasteiger partial charge in [-0.3, -0.25) is 0 Å². The molecule has 1 atom stereocenters. The maximum atomic E-state index is 13.9. The van der Waals surface area contributed by atoms with Crippen molar-refractivity contribution in [2.75, 3.05) is 7.05 Å². The van der Waals surface area contributed by atoms with Gasteiger partial charge in [-0.1, -0.05) is 0 Å². The lowest BCUT2D eigenvalue weighted by atomic mass is 10.00. The highest BCUT2D eigenvalue weighted by Crippen LogP contribution is 2.33. The van der Waals surface area contributed by atoms with Crippen LogP contribution in [0.25, 0.3) is 0 Å². The van der Waals surface area contributed by atoms with Crippen LogP contribution < -0.4 is 5.32 Å². The molecule has 0 aliphatic rings. The fraction of sp³-hybridized carbons (Fsp3) is 0.286. The second-order valence-electron chi connectivity index (χ2n) is 4.49. The van der Waals surface area contributed by atoms with Gasteiger partial charge in [-0.15, -0.1) is 11.3 Å². The largest absolute Gasteiger partial charge is 0.416 e. The minimum atomic E-state index is -4.48. The number of likely N-dealkylation sites (N-methyl/N-ethyl adjacent to an activating group) is 1. The summed E-state index contributed by atoms with van der Waals surface area (Å²) in [6, 6.07) is 5.71. The number of hydrogen-bond donors (Lipinski definition) is 1. The second kappa shape index (κ2) is 6.46. The number of rotatable bonds is 4. The average Bonchev–Trinajstić information content (AvgIpc) is 2.81. The standard InChI is InChI=1S/C14H12BrF4NS/c1-20-12(7-9-3-5-13(15)21-9)10-6-8(14(17,18)19)2-4-11(10)16/h2-6,12,20H,7H2,1H3. The molecule has 0 saturated heterocycles. The van der Waals surface area contributed by atoms with Crippen molar-refractivity contribution in [1.82, 2.24) is 5.32 Å². The molecule has 1 unspecified atom stereocenters. The number of halogens is 5. The van der Waals surface area contributed by atoms with Crippen molar-refractivity contribution >= 4 is 27.3 Å². The molecule has 21 heavy (non-hydrogen) atoms. The van der Waals surface area contributed by atoms with Gasteiger partial charge in [0, 0.05) is 22.9 Å². The molecule has 0 radical (unpaired) electrons. The van der Waals surface area contributed by atoms with Gasteiger partial charge in [0.15, 0.2) is 0 Å². The molecule has 0 aliphatic heterocycles. The quantitative estimate of drug-likeness (QED) is 0.720. The molecule has 0 aliphatic carbocycles. The fourth-order valence-corrected chi connectivity index (χ4v) is 3.55. The van der Waals surface area contributed by atoms with E-state index in [1.807, 2.05) is 12.1 Å². The first-order valence-electron chi connectivity index (χ1n) is 6.09. The molecule has 0 fully saturated rings. The molecule has 1 aromatic heterocycles. The molecule has 1 nitrogen and oxygen atoms in total. The first kappa shape index (κ1) is 16.5. The topological polar surface area (TPSA) is 12.0 Å². The third-order valence-electron chi connectivity index (χ3n) is 3.08. The maximum absolute atomic E-state index is 13.9. The van der Waals surface area contributed by atoms with E-state index in [-0.39, 0.29) is 5.56 Å². The highest BCUT2D eigenvalue weighted by Gasteiger charge is 2.32. The molecule has 1 aromatic carbocycles. The minimum absolute atomic E-state index is 0.0249. The zero-order chi connectivity index (χ0) is 15.6. The van der Waals surface area contributed by atoms with Gasteiger partial charge in [0.05, 0.1) is 9.35 Å². The van der Waals surface area contributed by atoms with Gasteiger partial charge in [0.2, 0.25) is 0 Å². The van der Waals surface area contributed by atoms with Gasteiger partial charge >= 0.3 is 6.18 Å². The molecule has 0 amide bonds. The summed E-state index contributed by atoms with van der Waals surface area (Å²) in [5.74, 6) is -0.641. The van der Waals surface area contributed by atoms with Crippen molar-refractivity contribution in [1.29, 1.82) is 0 Å². The Bertz CT molecular complexity index is 624. The summed E-state index contributed by atoms with van der Waals surface area (Å²) in [4.78, 5) is 0.957. The number of alkyl halides is 3. The van der Waals surface area contributed by atoms with E-state index in [0.717, 1.165) is 26.9 Å². The molecular weight excluding hydrogens is 370 g/mol. The fourth-order valence-electron chi connectivity index (χ4n) is 2.02. The van der Waals surface area contributed by atoms with E-state index in [9.17, 15) is 17.6 Å². The third-order valence-corrected chi connectivity index (χ3v) is 4.73. The Hall–Kier alpha value is -0.920. The van der Waals surface area contributed by atoms with E-state index in [2.05, 4.69) is 21.2 Å². The Labute approximate surface area is 132 Å². The molecule has 2 rings (SSSR count). The van der Waals surface area contributed by atoms with Crippen LogP contribution in [0.3, 0.4) is 0 Å².